The average Bonchev–Trinajstić information content (AvgIpc) is 3.34. The van der Waals surface area contributed by atoms with Gasteiger partial charge in [0.05, 0.1) is 25.4 Å². The van der Waals surface area contributed by atoms with Gasteiger partial charge in [0.25, 0.3) is 0 Å². The summed E-state index contributed by atoms with van der Waals surface area (Å²) in [4.78, 5) is 16.5. The third-order valence-corrected chi connectivity index (χ3v) is 6.04. The molecule has 4 aliphatic heterocycles. The lowest BCUT2D eigenvalue weighted by Crippen LogP contribution is -2.47. The number of hydrogen-bond donors (Lipinski definition) is 0. The van der Waals surface area contributed by atoms with Crippen molar-refractivity contribution in [2.75, 3.05) is 46.1 Å². The second-order valence-corrected chi connectivity index (χ2v) is 7.59. The number of likely N-dealkylation sites (tertiary alicyclic amines) is 2. The van der Waals surface area contributed by atoms with Crippen molar-refractivity contribution in [3.05, 3.63) is 0 Å². The number of nitrogens with zero attached hydrogens (tertiary/aromatic N) is 2. The van der Waals surface area contributed by atoms with E-state index in [1.165, 1.54) is 6.42 Å². The summed E-state index contributed by atoms with van der Waals surface area (Å²) in [5.74, 6) is 0.134. The van der Waals surface area contributed by atoms with E-state index in [9.17, 15) is 4.79 Å². The lowest BCUT2D eigenvalue weighted by molar-refractivity contribution is -0.139. The van der Waals surface area contributed by atoms with E-state index in [1.54, 1.807) is 0 Å². The summed E-state index contributed by atoms with van der Waals surface area (Å²) in [6.07, 6.45) is 7.23. The zero-order chi connectivity index (χ0) is 16.4. The predicted octanol–water partition coefficient (Wildman–Crippen LogP) is 1.04. The Bertz CT molecular complexity index is 435. The summed E-state index contributed by atoms with van der Waals surface area (Å²) < 4.78 is 17.5. The highest BCUT2D eigenvalue weighted by molar-refractivity contribution is 5.77. The Morgan fingerprint density at radius 3 is 2.75 bits per heavy atom. The second-order valence-electron chi connectivity index (χ2n) is 7.59. The smallest absolute Gasteiger partial charge is 0.248 e. The van der Waals surface area contributed by atoms with Gasteiger partial charge in [-0.15, -0.1) is 0 Å². The molecule has 4 saturated heterocycles. The van der Waals surface area contributed by atoms with Crippen LogP contribution in [0.15, 0.2) is 0 Å². The molecule has 0 aromatic carbocycles. The highest BCUT2D eigenvalue weighted by Gasteiger charge is 2.43. The molecule has 0 aliphatic carbocycles. The van der Waals surface area contributed by atoms with Crippen LogP contribution in [0, 0.1) is 0 Å². The van der Waals surface area contributed by atoms with E-state index in [-0.39, 0.29) is 18.6 Å². The summed E-state index contributed by atoms with van der Waals surface area (Å²) in [6.45, 7) is 5.47. The number of carbonyl (C=O) groups excluding carboxylic acids is 1. The van der Waals surface area contributed by atoms with Crippen LogP contribution in [0.4, 0.5) is 0 Å². The Morgan fingerprint density at radius 1 is 1.08 bits per heavy atom. The van der Waals surface area contributed by atoms with E-state index >= 15 is 0 Å². The van der Waals surface area contributed by atoms with Gasteiger partial charge in [0, 0.05) is 38.3 Å². The minimum atomic E-state index is 0.134. The maximum Gasteiger partial charge on any atom is 0.248 e. The van der Waals surface area contributed by atoms with E-state index < -0.39 is 0 Å². The minimum Gasteiger partial charge on any atom is -0.380 e. The van der Waals surface area contributed by atoms with Gasteiger partial charge >= 0.3 is 0 Å². The molecule has 4 heterocycles. The zero-order valence-corrected chi connectivity index (χ0v) is 14.5. The molecule has 6 nitrogen and oxygen atoms in total. The fraction of sp³-hybridized carbons (Fsp3) is 0.944. The van der Waals surface area contributed by atoms with Crippen LogP contribution in [0.2, 0.25) is 0 Å². The molecule has 4 atom stereocenters. The van der Waals surface area contributed by atoms with E-state index in [2.05, 4.69) is 4.90 Å². The van der Waals surface area contributed by atoms with Crippen molar-refractivity contribution in [3.63, 3.8) is 0 Å². The van der Waals surface area contributed by atoms with Crippen LogP contribution in [-0.2, 0) is 19.0 Å². The number of hydrogen-bond acceptors (Lipinski definition) is 5. The molecule has 4 aliphatic rings. The second kappa shape index (κ2) is 7.68. The van der Waals surface area contributed by atoms with Gasteiger partial charge in [-0.3, -0.25) is 9.69 Å². The molecule has 4 rings (SSSR count). The molecule has 136 valence electrons. The lowest BCUT2D eigenvalue weighted by Gasteiger charge is -2.38. The summed E-state index contributed by atoms with van der Waals surface area (Å²) >= 11 is 0. The molecule has 0 N–H and O–H groups in total. The Balaban J connectivity index is 1.19. The highest BCUT2D eigenvalue weighted by Crippen LogP contribution is 2.34. The van der Waals surface area contributed by atoms with Crippen LogP contribution in [0.25, 0.3) is 0 Å². The first kappa shape index (κ1) is 16.8. The summed E-state index contributed by atoms with van der Waals surface area (Å²) in [5.41, 5.74) is 0. The number of fused-ring (bicyclic) bond motifs is 1. The Kier molecular flexibility index (Phi) is 5.37. The molecule has 0 aromatic rings. The highest BCUT2D eigenvalue weighted by atomic mass is 16.5. The van der Waals surface area contributed by atoms with E-state index in [0.717, 1.165) is 65.0 Å². The average molecular weight is 338 g/mol. The van der Waals surface area contributed by atoms with Crippen molar-refractivity contribution in [3.8, 4) is 0 Å². The van der Waals surface area contributed by atoms with Crippen molar-refractivity contribution in [1.82, 2.24) is 9.80 Å². The van der Waals surface area contributed by atoms with Crippen LogP contribution in [-0.4, -0.2) is 86.1 Å². The van der Waals surface area contributed by atoms with Crippen LogP contribution in [0.3, 0.4) is 0 Å². The maximum atomic E-state index is 12.0. The number of ether oxygens (including phenoxy) is 3. The molecule has 0 saturated carbocycles. The first-order valence-corrected chi connectivity index (χ1v) is 9.66. The fourth-order valence-electron chi connectivity index (χ4n) is 4.73. The van der Waals surface area contributed by atoms with Crippen molar-refractivity contribution in [1.29, 1.82) is 0 Å². The van der Waals surface area contributed by atoms with Gasteiger partial charge in [0.2, 0.25) is 5.91 Å². The summed E-state index contributed by atoms with van der Waals surface area (Å²) in [5, 5.41) is 0. The Labute approximate surface area is 144 Å². The van der Waals surface area contributed by atoms with Gasteiger partial charge in [-0.1, -0.05) is 0 Å². The number of amides is 1. The number of rotatable bonds is 5. The molecule has 0 spiro atoms. The number of carbonyl (C=O) groups is 1. The van der Waals surface area contributed by atoms with E-state index in [0.29, 0.717) is 24.8 Å². The van der Waals surface area contributed by atoms with Crippen molar-refractivity contribution in [2.45, 2.75) is 62.8 Å². The molecule has 0 radical (unpaired) electrons. The molecule has 0 bridgehead atoms. The monoisotopic (exact) mass is 338 g/mol. The Morgan fingerprint density at radius 2 is 1.96 bits per heavy atom. The van der Waals surface area contributed by atoms with Gasteiger partial charge < -0.3 is 19.1 Å². The molecule has 6 heteroatoms. The molecule has 2 unspecified atom stereocenters. The van der Waals surface area contributed by atoms with Gasteiger partial charge in [0.15, 0.2) is 0 Å². The Hall–Kier alpha value is -0.690. The lowest BCUT2D eigenvalue weighted by atomic mass is 9.98. The normalized spacial score (nSPS) is 37.1. The van der Waals surface area contributed by atoms with Crippen molar-refractivity contribution < 1.29 is 19.0 Å². The molecule has 4 fully saturated rings. The molecular weight excluding hydrogens is 308 g/mol. The third kappa shape index (κ3) is 3.62. The van der Waals surface area contributed by atoms with Crippen molar-refractivity contribution in [2.24, 2.45) is 0 Å². The standard InChI is InChI=1S/C18H30N2O4/c21-18(19-7-1-2-8-19)13-23-12-15-3-4-16-17(24-15)5-9-20(16)14-6-10-22-11-14/h14-17H,1-13H2/t14?,15?,16-,17-/m0/s1. The van der Waals surface area contributed by atoms with E-state index in [1.807, 2.05) is 4.90 Å². The zero-order valence-electron chi connectivity index (χ0n) is 14.5. The first-order chi connectivity index (χ1) is 11.8. The molecule has 1 amide bonds. The van der Waals surface area contributed by atoms with E-state index in [4.69, 9.17) is 14.2 Å². The predicted molar refractivity (Wildman–Crippen MR) is 88.9 cm³/mol. The van der Waals surface area contributed by atoms with Crippen LogP contribution < -0.4 is 0 Å². The largest absolute Gasteiger partial charge is 0.380 e. The first-order valence-electron chi connectivity index (χ1n) is 9.66. The van der Waals surface area contributed by atoms with Crippen LogP contribution >= 0.6 is 0 Å². The van der Waals surface area contributed by atoms with Crippen LogP contribution in [0.5, 0.6) is 0 Å². The minimum absolute atomic E-state index is 0.134. The van der Waals surface area contributed by atoms with Crippen molar-refractivity contribution >= 4 is 5.91 Å². The quantitative estimate of drug-likeness (QED) is 0.750. The van der Waals surface area contributed by atoms with Gasteiger partial charge in [-0.05, 0) is 38.5 Å². The topological polar surface area (TPSA) is 51.2 Å². The molecule has 24 heavy (non-hydrogen) atoms. The fourth-order valence-corrected chi connectivity index (χ4v) is 4.73. The molecular formula is C18H30N2O4. The third-order valence-electron chi connectivity index (χ3n) is 6.04. The summed E-state index contributed by atoms with van der Waals surface area (Å²) in [6, 6.07) is 1.15. The molecule has 0 aromatic heterocycles. The van der Waals surface area contributed by atoms with Crippen LogP contribution in [0.1, 0.15) is 38.5 Å². The summed E-state index contributed by atoms with van der Waals surface area (Å²) in [7, 11) is 0. The van der Waals surface area contributed by atoms with Gasteiger partial charge in [-0.2, -0.15) is 0 Å². The van der Waals surface area contributed by atoms with Gasteiger partial charge in [-0.25, -0.2) is 0 Å². The maximum absolute atomic E-state index is 12.0. The van der Waals surface area contributed by atoms with Gasteiger partial charge in [0.1, 0.15) is 6.61 Å². The SMILES string of the molecule is O=C(COCC1CC[C@H]2[C@H](CCN2C2CCOC2)O1)N1CCCC1.